The molecule has 0 atom stereocenters. The normalized spacial score (nSPS) is 10.2. The maximum atomic E-state index is 11.1. The van der Waals surface area contributed by atoms with E-state index in [1.165, 1.54) is 24.9 Å². The van der Waals surface area contributed by atoms with E-state index in [9.17, 15) is 9.90 Å². The highest BCUT2D eigenvalue weighted by atomic mass is 35.5. The van der Waals surface area contributed by atoms with Gasteiger partial charge in [-0.05, 0) is 42.5 Å². The number of hydrogen-bond donors (Lipinski definition) is 0. The van der Waals surface area contributed by atoms with Crippen LogP contribution in [0.3, 0.4) is 0 Å². The van der Waals surface area contributed by atoms with E-state index >= 15 is 0 Å². The lowest BCUT2D eigenvalue weighted by Gasteiger charge is -2.11. The number of hydrogen-bond acceptors (Lipinski definition) is 4. The maximum Gasteiger partial charge on any atom is 0.119 e. The van der Waals surface area contributed by atoms with E-state index < -0.39 is 5.97 Å². The minimum Gasteiger partial charge on any atom is -0.545 e. The van der Waals surface area contributed by atoms with Gasteiger partial charge in [-0.3, -0.25) is 0 Å². The van der Waals surface area contributed by atoms with Crippen LogP contribution >= 0.6 is 23.4 Å². The Bertz CT molecular complexity index is 596. The maximum absolute atomic E-state index is 11.1. The van der Waals surface area contributed by atoms with Crippen molar-refractivity contribution in [3.8, 4) is 5.75 Å². The summed E-state index contributed by atoms with van der Waals surface area (Å²) >= 11 is 7.14. The zero-order valence-corrected chi connectivity index (χ0v) is 11.6. The molecule has 3 nitrogen and oxygen atoms in total. The van der Waals surface area contributed by atoms with Gasteiger partial charge in [0.05, 0.1) is 13.1 Å². The average molecular weight is 294 g/mol. The number of halogens is 1. The monoisotopic (exact) mass is 293 g/mol. The molecule has 5 heteroatoms. The first kappa shape index (κ1) is 13.8. The molecule has 0 amide bonds. The molecule has 0 unspecified atom stereocenters. The average Bonchev–Trinajstić information content (AvgIpc) is 2.41. The lowest BCUT2D eigenvalue weighted by Crippen LogP contribution is -2.23. The van der Waals surface area contributed by atoms with Crippen molar-refractivity contribution in [2.45, 2.75) is 9.79 Å². The van der Waals surface area contributed by atoms with Crippen LogP contribution in [0.4, 0.5) is 0 Å². The van der Waals surface area contributed by atoms with Gasteiger partial charge in [0.25, 0.3) is 0 Å². The summed E-state index contributed by atoms with van der Waals surface area (Å²) in [5.74, 6) is -0.741. The summed E-state index contributed by atoms with van der Waals surface area (Å²) in [7, 11) is 1.49. The third kappa shape index (κ3) is 3.43. The number of ether oxygens (including phenoxy) is 1. The van der Waals surface area contributed by atoms with Crippen LogP contribution in [0.25, 0.3) is 0 Å². The fourth-order valence-corrected chi connectivity index (χ4v) is 2.55. The number of carboxylic acid groups (broad SMARTS) is 1. The van der Waals surface area contributed by atoms with Crippen LogP contribution in [0.15, 0.2) is 52.3 Å². The third-order valence-corrected chi connectivity index (χ3v) is 3.78. The fourth-order valence-electron chi connectivity index (χ4n) is 1.51. The molecule has 0 bridgehead atoms. The van der Waals surface area contributed by atoms with Gasteiger partial charge in [0.1, 0.15) is 5.75 Å². The highest BCUT2D eigenvalue weighted by molar-refractivity contribution is 7.99. The summed E-state index contributed by atoms with van der Waals surface area (Å²) in [6.07, 6.45) is 0. The molecule has 0 aliphatic carbocycles. The molecule has 0 radical (unpaired) electrons. The van der Waals surface area contributed by atoms with Crippen LogP contribution in [0.1, 0.15) is 10.4 Å². The molecule has 0 aromatic heterocycles. The molecule has 98 valence electrons. The molecule has 0 saturated heterocycles. The predicted octanol–water partition coefficient (Wildman–Crippen LogP) is 2.86. The van der Waals surface area contributed by atoms with Gasteiger partial charge in [0.2, 0.25) is 0 Å². The van der Waals surface area contributed by atoms with Gasteiger partial charge in [-0.1, -0.05) is 23.4 Å². The molecule has 0 N–H and O–H groups in total. The molecule has 0 aliphatic heterocycles. The van der Waals surface area contributed by atoms with Gasteiger partial charge >= 0.3 is 0 Å². The Morgan fingerprint density at radius 2 is 1.89 bits per heavy atom. The first-order valence-electron chi connectivity index (χ1n) is 5.43. The first-order chi connectivity index (χ1) is 9.10. The molecule has 0 fully saturated rings. The number of carbonyl (C=O) groups is 1. The van der Waals surface area contributed by atoms with Crippen LogP contribution in [-0.4, -0.2) is 13.1 Å². The molecule has 0 heterocycles. The number of carboxylic acids is 1. The summed E-state index contributed by atoms with van der Waals surface area (Å²) in [6.45, 7) is 0. The molecule has 2 aromatic carbocycles. The number of rotatable bonds is 4. The zero-order valence-electron chi connectivity index (χ0n) is 10.1. The second-order valence-electron chi connectivity index (χ2n) is 3.71. The van der Waals surface area contributed by atoms with Crippen molar-refractivity contribution in [2.24, 2.45) is 0 Å². The molecular weight excluding hydrogens is 284 g/mol. The lowest BCUT2D eigenvalue weighted by molar-refractivity contribution is -0.255. The Balaban J connectivity index is 2.33. The summed E-state index contributed by atoms with van der Waals surface area (Å²) < 4.78 is 5.01. The fraction of sp³-hybridized carbons (Fsp3) is 0.0714. The first-order valence-corrected chi connectivity index (χ1v) is 6.62. The van der Waals surface area contributed by atoms with Gasteiger partial charge < -0.3 is 14.6 Å². The topological polar surface area (TPSA) is 49.4 Å². The van der Waals surface area contributed by atoms with E-state index in [2.05, 4.69) is 0 Å². The van der Waals surface area contributed by atoms with Crippen molar-refractivity contribution in [1.29, 1.82) is 0 Å². The highest BCUT2D eigenvalue weighted by Crippen LogP contribution is 2.32. The quantitative estimate of drug-likeness (QED) is 0.870. The van der Waals surface area contributed by atoms with Gasteiger partial charge in [-0.2, -0.15) is 0 Å². The van der Waals surface area contributed by atoms with Crippen LogP contribution in [-0.2, 0) is 0 Å². The van der Waals surface area contributed by atoms with E-state index in [4.69, 9.17) is 16.3 Å². The third-order valence-electron chi connectivity index (χ3n) is 2.45. The highest BCUT2D eigenvalue weighted by Gasteiger charge is 2.07. The van der Waals surface area contributed by atoms with Crippen molar-refractivity contribution < 1.29 is 14.6 Å². The number of carbonyl (C=O) groups excluding carboxylic acids is 1. The van der Waals surface area contributed by atoms with Gasteiger partial charge in [0, 0.05) is 20.4 Å². The molecule has 2 aromatic rings. The number of benzene rings is 2. The summed E-state index contributed by atoms with van der Waals surface area (Å²) in [5.41, 5.74) is 0.110. The van der Waals surface area contributed by atoms with Crippen molar-refractivity contribution in [2.75, 3.05) is 7.11 Å². The standard InChI is InChI=1S/C14H11ClO3S/c1-18-10-4-7-13(12(8-10)14(16)17)19-11-5-2-9(15)3-6-11/h2-8H,1H3,(H,16,17)/p-1. The SMILES string of the molecule is COc1ccc(Sc2ccc(Cl)cc2)c(C(=O)[O-])c1. The van der Waals surface area contributed by atoms with E-state index in [-0.39, 0.29) is 5.56 Å². The van der Waals surface area contributed by atoms with E-state index in [1.54, 1.807) is 24.3 Å². The predicted molar refractivity (Wildman–Crippen MR) is 72.9 cm³/mol. The molecule has 19 heavy (non-hydrogen) atoms. The summed E-state index contributed by atoms with van der Waals surface area (Å²) in [4.78, 5) is 12.6. The van der Waals surface area contributed by atoms with Crippen molar-refractivity contribution >= 4 is 29.3 Å². The summed E-state index contributed by atoms with van der Waals surface area (Å²) in [5, 5.41) is 11.8. The largest absolute Gasteiger partial charge is 0.545 e. The van der Waals surface area contributed by atoms with Gasteiger partial charge in [-0.25, -0.2) is 0 Å². The summed E-state index contributed by atoms with van der Waals surface area (Å²) in [6, 6.07) is 12.0. The molecular formula is C14H10ClO3S-. The smallest absolute Gasteiger partial charge is 0.119 e. The Labute approximate surface area is 120 Å². The Morgan fingerprint density at radius 1 is 1.21 bits per heavy atom. The minimum atomic E-state index is -1.23. The molecule has 2 rings (SSSR count). The molecule has 0 spiro atoms. The van der Waals surface area contributed by atoms with Crippen LogP contribution in [0, 0.1) is 0 Å². The van der Waals surface area contributed by atoms with Crippen molar-refractivity contribution in [3.05, 3.63) is 53.1 Å². The number of methoxy groups -OCH3 is 1. The molecule has 0 saturated carbocycles. The van der Waals surface area contributed by atoms with Crippen LogP contribution in [0.2, 0.25) is 5.02 Å². The number of aromatic carboxylic acids is 1. The van der Waals surface area contributed by atoms with Crippen LogP contribution in [0.5, 0.6) is 5.75 Å². The Morgan fingerprint density at radius 3 is 2.47 bits per heavy atom. The minimum absolute atomic E-state index is 0.110. The zero-order chi connectivity index (χ0) is 13.8. The lowest BCUT2D eigenvalue weighted by atomic mass is 10.2. The second-order valence-corrected chi connectivity index (χ2v) is 5.26. The van der Waals surface area contributed by atoms with E-state index in [0.717, 1.165) is 4.90 Å². The van der Waals surface area contributed by atoms with Crippen LogP contribution < -0.4 is 9.84 Å². The van der Waals surface area contributed by atoms with E-state index in [1.807, 2.05) is 12.1 Å². The van der Waals surface area contributed by atoms with Crippen molar-refractivity contribution in [1.82, 2.24) is 0 Å². The van der Waals surface area contributed by atoms with E-state index in [0.29, 0.717) is 15.7 Å². The molecule has 0 aliphatic rings. The van der Waals surface area contributed by atoms with Crippen molar-refractivity contribution in [3.63, 3.8) is 0 Å². The van der Waals surface area contributed by atoms with Gasteiger partial charge in [-0.15, -0.1) is 0 Å². The second kappa shape index (κ2) is 5.99. The Kier molecular flexibility index (Phi) is 4.35. The Hall–Kier alpha value is -1.65. The van der Waals surface area contributed by atoms with Gasteiger partial charge in [0.15, 0.2) is 0 Å².